The molecule has 0 aliphatic heterocycles. The number of aromatic hydroxyl groups is 1. The van der Waals surface area contributed by atoms with E-state index in [1.807, 2.05) is 6.07 Å². The first-order valence-electron chi connectivity index (χ1n) is 10.8. The van der Waals surface area contributed by atoms with Gasteiger partial charge in [0.05, 0.1) is 6.21 Å². The molecule has 0 saturated carbocycles. The van der Waals surface area contributed by atoms with Crippen molar-refractivity contribution in [2.45, 2.75) is 96.8 Å². The molecular weight excluding hydrogens is 336 g/mol. The Morgan fingerprint density at radius 1 is 0.926 bits per heavy atom. The minimum Gasteiger partial charge on any atom is -0.508 e. The van der Waals surface area contributed by atoms with Crippen LogP contribution in [0.5, 0.6) is 5.75 Å². The Labute approximate surface area is 165 Å². The van der Waals surface area contributed by atoms with Crippen LogP contribution in [0.4, 0.5) is 0 Å². The maximum absolute atomic E-state index is 11.7. The number of hydrogen-bond acceptors (Lipinski definition) is 3. The number of unbranched alkanes of at least 4 members (excludes halogenated alkanes) is 12. The van der Waals surface area contributed by atoms with Crippen molar-refractivity contribution in [3.05, 3.63) is 29.8 Å². The number of phenolic OH excluding ortho intramolecular Hbond substituents is 1. The SMILES string of the molecule is CCCCCCCCCCCCCCCC(=O)N/N=C/c1cccc(O)c1. The number of amides is 1. The molecule has 2 N–H and O–H groups in total. The van der Waals surface area contributed by atoms with E-state index >= 15 is 0 Å². The van der Waals surface area contributed by atoms with Crippen LogP contribution in [0.1, 0.15) is 102 Å². The molecule has 0 radical (unpaired) electrons. The molecule has 0 spiro atoms. The van der Waals surface area contributed by atoms with Crippen LogP contribution in [0.25, 0.3) is 0 Å². The molecule has 0 fully saturated rings. The average Bonchev–Trinajstić information content (AvgIpc) is 2.65. The summed E-state index contributed by atoms with van der Waals surface area (Å²) >= 11 is 0. The van der Waals surface area contributed by atoms with E-state index in [1.165, 1.54) is 70.6 Å². The van der Waals surface area contributed by atoms with Crippen LogP contribution in [0.15, 0.2) is 29.4 Å². The van der Waals surface area contributed by atoms with Crippen molar-refractivity contribution in [1.29, 1.82) is 0 Å². The second kappa shape index (κ2) is 16.3. The predicted molar refractivity (Wildman–Crippen MR) is 114 cm³/mol. The lowest BCUT2D eigenvalue weighted by Gasteiger charge is -2.03. The number of phenols is 1. The molecule has 0 unspecified atom stereocenters. The maximum Gasteiger partial charge on any atom is 0.240 e. The Balaban J connectivity index is 1.88. The molecule has 1 rings (SSSR count). The van der Waals surface area contributed by atoms with Gasteiger partial charge in [0, 0.05) is 6.42 Å². The molecular formula is C23H38N2O2. The summed E-state index contributed by atoms with van der Waals surface area (Å²) in [6.07, 6.45) is 19.0. The molecule has 4 nitrogen and oxygen atoms in total. The number of nitrogens with zero attached hydrogens (tertiary/aromatic N) is 1. The Bertz CT molecular complexity index is 529. The van der Waals surface area contributed by atoms with Crippen LogP contribution in [0, 0.1) is 0 Å². The smallest absolute Gasteiger partial charge is 0.240 e. The molecule has 27 heavy (non-hydrogen) atoms. The third-order valence-electron chi connectivity index (χ3n) is 4.78. The van der Waals surface area contributed by atoms with Gasteiger partial charge in [0.25, 0.3) is 0 Å². The van der Waals surface area contributed by atoms with Crippen molar-refractivity contribution in [2.24, 2.45) is 5.10 Å². The zero-order valence-corrected chi connectivity index (χ0v) is 17.1. The Hall–Kier alpha value is -1.84. The van der Waals surface area contributed by atoms with Crippen molar-refractivity contribution < 1.29 is 9.90 Å². The van der Waals surface area contributed by atoms with Crippen molar-refractivity contribution >= 4 is 12.1 Å². The van der Waals surface area contributed by atoms with Crippen molar-refractivity contribution in [3.63, 3.8) is 0 Å². The van der Waals surface area contributed by atoms with Gasteiger partial charge in [0.15, 0.2) is 0 Å². The van der Waals surface area contributed by atoms with Crippen LogP contribution in [-0.2, 0) is 4.79 Å². The number of hydrazone groups is 1. The number of benzene rings is 1. The van der Waals surface area contributed by atoms with Gasteiger partial charge < -0.3 is 5.11 Å². The van der Waals surface area contributed by atoms with Gasteiger partial charge in [0.2, 0.25) is 5.91 Å². The molecule has 0 aromatic heterocycles. The predicted octanol–water partition coefficient (Wildman–Crippen LogP) is 6.32. The summed E-state index contributed by atoms with van der Waals surface area (Å²) in [5.41, 5.74) is 3.30. The highest BCUT2D eigenvalue weighted by Gasteiger charge is 1.99. The number of carbonyl (C=O) groups excluding carboxylic acids is 1. The van der Waals surface area contributed by atoms with Crippen molar-refractivity contribution in [3.8, 4) is 5.75 Å². The molecule has 0 atom stereocenters. The zero-order chi connectivity index (χ0) is 19.6. The average molecular weight is 375 g/mol. The van der Waals surface area contributed by atoms with E-state index in [1.54, 1.807) is 24.4 Å². The fraction of sp³-hybridized carbons (Fsp3) is 0.652. The topological polar surface area (TPSA) is 61.7 Å². The summed E-state index contributed by atoms with van der Waals surface area (Å²) < 4.78 is 0. The highest BCUT2D eigenvalue weighted by atomic mass is 16.3. The molecule has 1 aromatic carbocycles. The lowest BCUT2D eigenvalue weighted by molar-refractivity contribution is -0.121. The maximum atomic E-state index is 11.7. The fourth-order valence-corrected chi connectivity index (χ4v) is 3.14. The Kier molecular flexibility index (Phi) is 14.0. The highest BCUT2D eigenvalue weighted by molar-refractivity contribution is 5.82. The normalized spacial score (nSPS) is 11.1. The number of hydrogen-bond donors (Lipinski definition) is 2. The van der Waals surface area contributed by atoms with E-state index in [4.69, 9.17) is 0 Å². The summed E-state index contributed by atoms with van der Waals surface area (Å²) in [7, 11) is 0. The summed E-state index contributed by atoms with van der Waals surface area (Å²) in [6.45, 7) is 2.26. The Morgan fingerprint density at radius 2 is 1.48 bits per heavy atom. The summed E-state index contributed by atoms with van der Waals surface area (Å²) in [5, 5.41) is 13.3. The molecule has 1 aromatic rings. The molecule has 0 aliphatic carbocycles. The first kappa shape index (κ1) is 23.2. The second-order valence-electron chi connectivity index (χ2n) is 7.38. The van der Waals surface area contributed by atoms with Crippen LogP contribution in [-0.4, -0.2) is 17.2 Å². The molecule has 0 bridgehead atoms. The van der Waals surface area contributed by atoms with Gasteiger partial charge in [-0.1, -0.05) is 96.1 Å². The summed E-state index contributed by atoms with van der Waals surface area (Å²) in [6, 6.07) is 6.76. The molecule has 1 amide bonds. The Morgan fingerprint density at radius 3 is 2.04 bits per heavy atom. The van der Waals surface area contributed by atoms with E-state index in [2.05, 4.69) is 17.5 Å². The van der Waals surface area contributed by atoms with Gasteiger partial charge in [-0.25, -0.2) is 5.43 Å². The van der Waals surface area contributed by atoms with E-state index in [9.17, 15) is 9.90 Å². The summed E-state index contributed by atoms with van der Waals surface area (Å²) in [4.78, 5) is 11.7. The van der Waals surface area contributed by atoms with E-state index < -0.39 is 0 Å². The van der Waals surface area contributed by atoms with E-state index in [0.29, 0.717) is 6.42 Å². The third-order valence-corrected chi connectivity index (χ3v) is 4.78. The quantitative estimate of drug-likeness (QED) is 0.202. The van der Waals surface area contributed by atoms with Crippen molar-refractivity contribution in [2.75, 3.05) is 0 Å². The number of nitrogens with one attached hydrogen (secondary N) is 1. The number of carbonyl (C=O) groups is 1. The van der Waals surface area contributed by atoms with Crippen LogP contribution in [0.2, 0.25) is 0 Å². The first-order valence-corrected chi connectivity index (χ1v) is 10.8. The lowest BCUT2D eigenvalue weighted by atomic mass is 10.0. The van der Waals surface area contributed by atoms with Gasteiger partial charge >= 0.3 is 0 Å². The van der Waals surface area contributed by atoms with E-state index in [0.717, 1.165) is 18.4 Å². The monoisotopic (exact) mass is 374 g/mol. The van der Waals surface area contributed by atoms with Crippen LogP contribution < -0.4 is 5.43 Å². The molecule has 0 heterocycles. The highest BCUT2D eigenvalue weighted by Crippen LogP contribution is 2.13. The van der Waals surface area contributed by atoms with Crippen LogP contribution in [0.3, 0.4) is 0 Å². The summed E-state index contributed by atoms with van der Waals surface area (Å²) in [5.74, 6) is 0.145. The van der Waals surface area contributed by atoms with Gasteiger partial charge in [-0.3, -0.25) is 4.79 Å². The molecule has 0 aliphatic rings. The minimum absolute atomic E-state index is 0.0468. The van der Waals surface area contributed by atoms with Gasteiger partial charge in [-0.15, -0.1) is 0 Å². The standard InChI is InChI=1S/C23H38N2O2/c1-2-3-4-5-6-7-8-9-10-11-12-13-14-18-23(27)25-24-20-21-16-15-17-22(26)19-21/h15-17,19-20,26H,2-14,18H2,1H3,(H,25,27)/b24-20+. The first-order chi connectivity index (χ1) is 13.2. The largest absolute Gasteiger partial charge is 0.508 e. The minimum atomic E-state index is -0.0468. The third kappa shape index (κ3) is 14.0. The lowest BCUT2D eigenvalue weighted by Crippen LogP contribution is -2.16. The number of rotatable bonds is 16. The van der Waals surface area contributed by atoms with E-state index in [-0.39, 0.29) is 11.7 Å². The molecule has 0 saturated heterocycles. The fourth-order valence-electron chi connectivity index (χ4n) is 3.14. The van der Waals surface area contributed by atoms with Gasteiger partial charge in [0.1, 0.15) is 5.75 Å². The zero-order valence-electron chi connectivity index (χ0n) is 17.1. The second-order valence-corrected chi connectivity index (χ2v) is 7.38. The van der Waals surface area contributed by atoms with Gasteiger partial charge in [-0.2, -0.15) is 5.10 Å². The van der Waals surface area contributed by atoms with Gasteiger partial charge in [-0.05, 0) is 24.1 Å². The van der Waals surface area contributed by atoms with Crippen molar-refractivity contribution in [1.82, 2.24) is 5.43 Å². The molecule has 4 heteroatoms. The van der Waals surface area contributed by atoms with Crippen LogP contribution >= 0.6 is 0 Å². The molecule has 152 valence electrons.